The predicted octanol–water partition coefficient (Wildman–Crippen LogP) is 1.12. The minimum Gasteiger partial charge on any atom is -0.377 e. The first-order valence-corrected chi connectivity index (χ1v) is 5.31. The van der Waals surface area contributed by atoms with Crippen molar-refractivity contribution in [1.29, 1.82) is 0 Å². The number of benzene rings is 1. The van der Waals surface area contributed by atoms with Crippen LogP contribution >= 0.6 is 0 Å². The molecule has 1 N–H and O–H groups in total. The largest absolute Gasteiger partial charge is 0.377 e. The van der Waals surface area contributed by atoms with E-state index in [1.807, 2.05) is 0 Å². The van der Waals surface area contributed by atoms with Crippen LogP contribution in [0, 0.1) is 11.6 Å². The van der Waals surface area contributed by atoms with Gasteiger partial charge in [0.05, 0.1) is 18.9 Å². The number of ether oxygens (including phenoxy) is 1. The van der Waals surface area contributed by atoms with Gasteiger partial charge in [0.1, 0.15) is 17.5 Å². The highest BCUT2D eigenvalue weighted by molar-refractivity contribution is 6.03. The molecule has 0 aliphatic carbocycles. The molecule has 2 aliphatic rings. The number of carbonyl (C=O) groups is 1. The van der Waals surface area contributed by atoms with Crippen molar-refractivity contribution in [3.05, 3.63) is 23.8 Å². The summed E-state index contributed by atoms with van der Waals surface area (Å²) in [7, 11) is 0. The van der Waals surface area contributed by atoms with Gasteiger partial charge in [0, 0.05) is 12.6 Å². The summed E-state index contributed by atoms with van der Waals surface area (Å²) in [5.41, 5.74) is 0.435. The maximum absolute atomic E-state index is 13.6. The lowest BCUT2D eigenvalue weighted by Gasteiger charge is -2.40. The lowest BCUT2D eigenvalue weighted by atomic mass is 10.1. The van der Waals surface area contributed by atoms with Crippen molar-refractivity contribution >= 4 is 17.3 Å². The second-order valence-corrected chi connectivity index (χ2v) is 4.06. The van der Waals surface area contributed by atoms with E-state index in [4.69, 9.17) is 4.74 Å². The third-order valence-corrected chi connectivity index (χ3v) is 3.02. The number of morpholine rings is 1. The molecule has 1 saturated heterocycles. The highest BCUT2D eigenvalue weighted by Crippen LogP contribution is 2.35. The molecule has 0 saturated carbocycles. The first-order chi connectivity index (χ1) is 8.16. The molecule has 1 aromatic rings. The standard InChI is InChI=1S/C11H10F2N2O2/c12-6-3-7(13)10-8(4-6)15-1-2-17-5-9(15)11(16)14-10/h3-4,9H,1-2,5H2,(H,14,16). The van der Waals surface area contributed by atoms with Crippen molar-refractivity contribution in [2.75, 3.05) is 30.0 Å². The van der Waals surface area contributed by atoms with Gasteiger partial charge in [-0.15, -0.1) is 0 Å². The van der Waals surface area contributed by atoms with E-state index in [1.54, 1.807) is 4.90 Å². The Morgan fingerprint density at radius 3 is 3.06 bits per heavy atom. The summed E-state index contributed by atoms with van der Waals surface area (Å²) in [6.07, 6.45) is 0. The van der Waals surface area contributed by atoms with Crippen LogP contribution in [0.4, 0.5) is 20.2 Å². The number of hydrogen-bond acceptors (Lipinski definition) is 3. The van der Waals surface area contributed by atoms with Crippen LogP contribution in [0.25, 0.3) is 0 Å². The topological polar surface area (TPSA) is 41.6 Å². The summed E-state index contributed by atoms with van der Waals surface area (Å²) in [5, 5.41) is 2.45. The van der Waals surface area contributed by atoms with Crippen molar-refractivity contribution in [1.82, 2.24) is 0 Å². The van der Waals surface area contributed by atoms with E-state index in [0.717, 1.165) is 6.07 Å². The van der Waals surface area contributed by atoms with Crippen molar-refractivity contribution in [2.45, 2.75) is 6.04 Å². The zero-order valence-corrected chi connectivity index (χ0v) is 8.87. The summed E-state index contributed by atoms with van der Waals surface area (Å²) in [6, 6.07) is 1.49. The minimum absolute atomic E-state index is 0.0505. The zero-order valence-electron chi connectivity index (χ0n) is 8.87. The molecule has 4 nitrogen and oxygen atoms in total. The molecule has 0 radical (unpaired) electrons. The molecule has 1 atom stereocenters. The molecule has 1 unspecified atom stereocenters. The van der Waals surface area contributed by atoms with E-state index in [0.29, 0.717) is 18.8 Å². The number of anilines is 2. The fraction of sp³-hybridized carbons (Fsp3) is 0.364. The number of rotatable bonds is 0. The SMILES string of the molecule is O=C1Nc2c(F)cc(F)cc2N2CCOCC12. The van der Waals surface area contributed by atoms with E-state index in [1.165, 1.54) is 6.07 Å². The van der Waals surface area contributed by atoms with Gasteiger partial charge in [-0.3, -0.25) is 4.79 Å². The second kappa shape index (κ2) is 3.66. The molecule has 2 aliphatic heterocycles. The van der Waals surface area contributed by atoms with E-state index in [-0.39, 0.29) is 18.2 Å². The molecule has 3 rings (SSSR count). The first kappa shape index (κ1) is 10.5. The summed E-state index contributed by atoms with van der Waals surface area (Å²) in [6.45, 7) is 1.14. The summed E-state index contributed by atoms with van der Waals surface area (Å²) in [4.78, 5) is 13.4. The van der Waals surface area contributed by atoms with Crippen molar-refractivity contribution in [3.63, 3.8) is 0 Å². The lowest BCUT2D eigenvalue weighted by molar-refractivity contribution is -0.120. The Hall–Kier alpha value is -1.69. The summed E-state index contributed by atoms with van der Waals surface area (Å²) < 4.78 is 31.9. The maximum Gasteiger partial charge on any atom is 0.249 e. The van der Waals surface area contributed by atoms with Crippen LogP contribution in [0.15, 0.2) is 12.1 Å². The fourth-order valence-electron chi connectivity index (χ4n) is 2.23. The number of hydrogen-bond donors (Lipinski definition) is 1. The molecule has 1 aromatic carbocycles. The third kappa shape index (κ3) is 1.56. The summed E-state index contributed by atoms with van der Waals surface area (Å²) >= 11 is 0. The average Bonchev–Trinajstić information content (AvgIpc) is 2.31. The highest BCUT2D eigenvalue weighted by atomic mass is 19.1. The van der Waals surface area contributed by atoms with Crippen LogP contribution in [0.5, 0.6) is 0 Å². The minimum atomic E-state index is -0.752. The van der Waals surface area contributed by atoms with Crippen molar-refractivity contribution in [3.8, 4) is 0 Å². The van der Waals surface area contributed by atoms with Gasteiger partial charge in [0.2, 0.25) is 5.91 Å². The molecule has 1 fully saturated rings. The Kier molecular flexibility index (Phi) is 2.25. The molecule has 1 amide bonds. The zero-order chi connectivity index (χ0) is 12.0. The van der Waals surface area contributed by atoms with Gasteiger partial charge in [-0.1, -0.05) is 0 Å². The van der Waals surface area contributed by atoms with Crippen molar-refractivity contribution in [2.24, 2.45) is 0 Å². The number of fused-ring (bicyclic) bond motifs is 3. The number of nitrogens with zero attached hydrogens (tertiary/aromatic N) is 1. The van der Waals surface area contributed by atoms with E-state index < -0.39 is 17.7 Å². The van der Waals surface area contributed by atoms with Crippen LogP contribution < -0.4 is 10.2 Å². The Labute approximate surface area is 96.2 Å². The van der Waals surface area contributed by atoms with E-state index in [9.17, 15) is 13.6 Å². The van der Waals surface area contributed by atoms with Gasteiger partial charge in [0.25, 0.3) is 0 Å². The van der Waals surface area contributed by atoms with Gasteiger partial charge >= 0.3 is 0 Å². The van der Waals surface area contributed by atoms with Gasteiger partial charge in [-0.25, -0.2) is 8.78 Å². The van der Waals surface area contributed by atoms with Gasteiger partial charge in [0.15, 0.2) is 5.82 Å². The monoisotopic (exact) mass is 240 g/mol. The molecular formula is C11H10F2N2O2. The van der Waals surface area contributed by atoms with Gasteiger partial charge in [-0.05, 0) is 6.07 Å². The number of halogens is 2. The summed E-state index contributed by atoms with van der Waals surface area (Å²) in [5.74, 6) is -1.72. The van der Waals surface area contributed by atoms with Crippen molar-refractivity contribution < 1.29 is 18.3 Å². The molecule has 90 valence electrons. The smallest absolute Gasteiger partial charge is 0.249 e. The Balaban J connectivity index is 2.13. The lowest BCUT2D eigenvalue weighted by Crippen LogP contribution is -2.55. The van der Waals surface area contributed by atoms with E-state index in [2.05, 4.69) is 5.32 Å². The molecule has 0 bridgehead atoms. The first-order valence-electron chi connectivity index (χ1n) is 5.31. The van der Waals surface area contributed by atoms with Crippen LogP contribution in [-0.2, 0) is 9.53 Å². The molecule has 0 spiro atoms. The Morgan fingerprint density at radius 1 is 1.41 bits per heavy atom. The molecule has 6 heteroatoms. The third-order valence-electron chi connectivity index (χ3n) is 3.02. The number of carbonyl (C=O) groups excluding carboxylic acids is 1. The Bertz CT molecular complexity index is 493. The quantitative estimate of drug-likeness (QED) is 0.739. The van der Waals surface area contributed by atoms with Crippen LogP contribution in [0.1, 0.15) is 0 Å². The normalized spacial score (nSPS) is 22.8. The number of amides is 1. The van der Waals surface area contributed by atoms with Crippen LogP contribution in [0.3, 0.4) is 0 Å². The van der Waals surface area contributed by atoms with Gasteiger partial charge in [-0.2, -0.15) is 0 Å². The average molecular weight is 240 g/mol. The molecule has 2 heterocycles. The predicted molar refractivity (Wildman–Crippen MR) is 56.9 cm³/mol. The fourth-order valence-corrected chi connectivity index (χ4v) is 2.23. The van der Waals surface area contributed by atoms with E-state index >= 15 is 0 Å². The molecule has 17 heavy (non-hydrogen) atoms. The molecule has 0 aromatic heterocycles. The van der Waals surface area contributed by atoms with Crippen LogP contribution in [0.2, 0.25) is 0 Å². The Morgan fingerprint density at radius 2 is 2.24 bits per heavy atom. The van der Waals surface area contributed by atoms with Crippen LogP contribution in [-0.4, -0.2) is 31.7 Å². The highest BCUT2D eigenvalue weighted by Gasteiger charge is 2.36. The van der Waals surface area contributed by atoms with Gasteiger partial charge < -0.3 is 15.0 Å². The second-order valence-electron chi connectivity index (χ2n) is 4.06. The maximum atomic E-state index is 13.6. The molecular weight excluding hydrogens is 230 g/mol. The number of nitrogens with one attached hydrogen (secondary N) is 1.